The molecule has 6 aliphatic rings. The number of methoxy groups -OCH3 is 1. The number of fused-ring (bicyclic) bond motifs is 2. The number of ether oxygens (including phenoxy) is 3. The zero-order valence-corrected chi connectivity index (χ0v) is 18.9. The molecule has 6 nitrogen and oxygen atoms in total. The van der Waals surface area contributed by atoms with Crippen LogP contribution >= 0.6 is 0 Å². The van der Waals surface area contributed by atoms with E-state index in [0.29, 0.717) is 34.3 Å². The minimum atomic E-state index is -1.03. The molecule has 1 aromatic rings. The molecule has 0 bridgehead atoms. The number of benzene rings is 1. The van der Waals surface area contributed by atoms with Gasteiger partial charge < -0.3 is 23.5 Å². The molecule has 7 rings (SSSR count). The highest BCUT2D eigenvalue weighted by Gasteiger charge is 2.93. The first-order valence-electron chi connectivity index (χ1n) is 11.6. The van der Waals surface area contributed by atoms with Gasteiger partial charge in [-0.3, -0.25) is 0 Å². The van der Waals surface area contributed by atoms with E-state index >= 15 is 0 Å². The summed E-state index contributed by atoms with van der Waals surface area (Å²) < 4.78 is 30.8. The Morgan fingerprint density at radius 1 is 1.16 bits per heavy atom. The third-order valence-electron chi connectivity index (χ3n) is 9.73. The molecule has 4 saturated carbocycles. The van der Waals surface area contributed by atoms with Gasteiger partial charge in [-0.25, -0.2) is 4.79 Å². The van der Waals surface area contributed by atoms with Crippen molar-refractivity contribution in [2.75, 3.05) is 7.11 Å². The number of rotatable bonds is 4. The predicted molar refractivity (Wildman–Crippen MR) is 112 cm³/mol. The smallest absolute Gasteiger partial charge is 0.469 e. The van der Waals surface area contributed by atoms with Crippen molar-refractivity contribution in [2.24, 2.45) is 17.3 Å². The lowest BCUT2D eigenvalue weighted by Crippen LogP contribution is -2.90. The van der Waals surface area contributed by atoms with Crippen LogP contribution in [0.25, 0.3) is 0 Å². The minimum absolute atomic E-state index is 0.113. The van der Waals surface area contributed by atoms with Crippen molar-refractivity contribution in [1.82, 2.24) is 0 Å². The fourth-order valence-corrected chi connectivity index (χ4v) is 7.97. The van der Waals surface area contributed by atoms with E-state index < -0.39 is 11.8 Å². The average Bonchev–Trinajstić information content (AvgIpc) is 3.44. The lowest BCUT2D eigenvalue weighted by atomic mass is 9.22. The number of cyclic esters (lactones) is 1. The van der Waals surface area contributed by atoms with Crippen molar-refractivity contribution in [3.05, 3.63) is 23.3 Å². The van der Waals surface area contributed by atoms with Gasteiger partial charge in [-0.05, 0) is 62.0 Å². The van der Waals surface area contributed by atoms with Crippen molar-refractivity contribution in [2.45, 2.75) is 82.1 Å². The molecule has 1 aromatic carbocycles. The molecule has 1 saturated heterocycles. The van der Waals surface area contributed by atoms with Crippen LogP contribution in [0, 0.1) is 17.3 Å². The van der Waals surface area contributed by atoms with Gasteiger partial charge in [0.05, 0.1) is 18.3 Å². The molecule has 2 heterocycles. The van der Waals surface area contributed by atoms with E-state index in [4.69, 9.17) is 23.5 Å². The Bertz CT molecular complexity index is 1050. The van der Waals surface area contributed by atoms with Crippen molar-refractivity contribution >= 4 is 13.1 Å². The highest BCUT2D eigenvalue weighted by Crippen LogP contribution is 2.87. The zero-order valence-electron chi connectivity index (χ0n) is 18.9. The second-order valence-corrected chi connectivity index (χ2v) is 11.3. The Labute approximate surface area is 183 Å². The molecule has 0 N–H and O–H groups in total. The Kier molecular flexibility index (Phi) is 3.09. The SMILES string of the molecule is CCC12CC3[C@H]1C1(C2)OB(C2(c4ccc(OC)c5c4OC(C)(C)OC5=O)CC2)O[C@@]31C. The standard InChI is InChI=1S/C24H29BO6/c1-6-22-11-14-18(22)24(12-22)21(14,4)30-25(31-24)23(9-10-23)13-7-8-15(27-5)16-17(13)28-20(2,3)29-19(16)26/h7-8,14,18H,6,9-12H2,1-5H3/t14?,18-,21+,22?,24?/m1/s1. The quantitative estimate of drug-likeness (QED) is 0.537. The first-order chi connectivity index (χ1) is 14.7. The number of esters is 1. The van der Waals surface area contributed by atoms with Gasteiger partial charge in [0.25, 0.3) is 0 Å². The monoisotopic (exact) mass is 424 g/mol. The Balaban J connectivity index is 1.29. The van der Waals surface area contributed by atoms with Crippen LogP contribution in [-0.2, 0) is 19.4 Å². The van der Waals surface area contributed by atoms with E-state index in [9.17, 15) is 4.79 Å². The van der Waals surface area contributed by atoms with Crippen LogP contribution in [0.3, 0.4) is 0 Å². The summed E-state index contributed by atoms with van der Waals surface area (Å²) in [6, 6.07) is 3.87. The van der Waals surface area contributed by atoms with E-state index in [-0.39, 0.29) is 23.6 Å². The largest absolute Gasteiger partial charge is 0.496 e. The van der Waals surface area contributed by atoms with Crippen LogP contribution in [0.4, 0.5) is 0 Å². The van der Waals surface area contributed by atoms with Crippen LogP contribution in [0.1, 0.15) is 75.7 Å². The van der Waals surface area contributed by atoms with Gasteiger partial charge in [0.15, 0.2) is 0 Å². The molecule has 164 valence electrons. The highest BCUT2D eigenvalue weighted by molar-refractivity contribution is 6.51. The van der Waals surface area contributed by atoms with Crippen LogP contribution < -0.4 is 9.47 Å². The number of carbonyl (C=O) groups is 1. The molecule has 0 aromatic heterocycles. The maximum absolute atomic E-state index is 12.8. The van der Waals surface area contributed by atoms with Crippen molar-refractivity contribution in [1.29, 1.82) is 0 Å². The van der Waals surface area contributed by atoms with Gasteiger partial charge in [-0.1, -0.05) is 13.0 Å². The average molecular weight is 424 g/mol. The maximum Gasteiger partial charge on any atom is 0.469 e. The number of carbonyl (C=O) groups excluding carboxylic acids is 1. The van der Waals surface area contributed by atoms with Crippen molar-refractivity contribution in [3.63, 3.8) is 0 Å². The van der Waals surface area contributed by atoms with Crippen LogP contribution in [-0.4, -0.2) is 37.2 Å². The van der Waals surface area contributed by atoms with Gasteiger partial charge in [0.1, 0.15) is 17.1 Å². The Hall–Kier alpha value is -1.73. The lowest BCUT2D eigenvalue weighted by molar-refractivity contribution is -0.416. The molecule has 5 atom stereocenters. The Morgan fingerprint density at radius 3 is 2.58 bits per heavy atom. The zero-order chi connectivity index (χ0) is 21.6. The van der Waals surface area contributed by atoms with E-state index in [2.05, 4.69) is 13.8 Å². The highest BCUT2D eigenvalue weighted by atomic mass is 16.7. The lowest BCUT2D eigenvalue weighted by Gasteiger charge is -2.86. The normalized spacial score (nSPS) is 43.8. The second kappa shape index (κ2) is 5.09. The number of hydrogen-bond donors (Lipinski definition) is 0. The first-order valence-corrected chi connectivity index (χ1v) is 11.6. The van der Waals surface area contributed by atoms with E-state index in [1.165, 1.54) is 12.8 Å². The summed E-state index contributed by atoms with van der Waals surface area (Å²) in [6.45, 7) is 8.10. The molecule has 5 fully saturated rings. The molecule has 0 amide bonds. The summed E-state index contributed by atoms with van der Waals surface area (Å²) in [4.78, 5) is 12.8. The van der Waals surface area contributed by atoms with Crippen molar-refractivity contribution < 1.29 is 28.3 Å². The molecule has 2 aliphatic heterocycles. The number of hydrogen-bond acceptors (Lipinski definition) is 6. The molecular formula is C24H29BO6. The van der Waals surface area contributed by atoms with E-state index in [1.807, 2.05) is 12.1 Å². The minimum Gasteiger partial charge on any atom is -0.496 e. The van der Waals surface area contributed by atoms with Crippen molar-refractivity contribution in [3.8, 4) is 11.5 Å². The predicted octanol–water partition coefficient (Wildman–Crippen LogP) is 4.03. The summed E-state index contributed by atoms with van der Waals surface area (Å²) >= 11 is 0. The molecule has 3 unspecified atom stereocenters. The summed E-state index contributed by atoms with van der Waals surface area (Å²) in [5, 5.41) is -0.289. The van der Waals surface area contributed by atoms with Crippen LogP contribution in [0.15, 0.2) is 12.1 Å². The molecular weight excluding hydrogens is 395 g/mol. The van der Waals surface area contributed by atoms with E-state index in [0.717, 1.165) is 24.8 Å². The fourth-order valence-electron chi connectivity index (χ4n) is 7.97. The van der Waals surface area contributed by atoms with Gasteiger partial charge in [-0.15, -0.1) is 0 Å². The van der Waals surface area contributed by atoms with E-state index in [1.54, 1.807) is 21.0 Å². The van der Waals surface area contributed by atoms with Gasteiger partial charge in [0, 0.05) is 25.1 Å². The third-order valence-corrected chi connectivity index (χ3v) is 9.73. The third kappa shape index (κ3) is 1.83. The summed E-state index contributed by atoms with van der Waals surface area (Å²) in [6.07, 6.45) is 5.54. The molecule has 1 spiro atoms. The molecule has 31 heavy (non-hydrogen) atoms. The van der Waals surface area contributed by atoms with Gasteiger partial charge in [-0.2, -0.15) is 0 Å². The summed E-state index contributed by atoms with van der Waals surface area (Å²) in [7, 11) is 1.25. The summed E-state index contributed by atoms with van der Waals surface area (Å²) in [5.74, 6) is 0.869. The summed E-state index contributed by atoms with van der Waals surface area (Å²) in [5.41, 5.74) is 1.55. The first kappa shape index (κ1) is 18.8. The van der Waals surface area contributed by atoms with Gasteiger partial charge in [0.2, 0.25) is 5.79 Å². The molecule has 0 radical (unpaired) electrons. The topological polar surface area (TPSA) is 63.2 Å². The fraction of sp³-hybridized carbons (Fsp3) is 0.708. The maximum atomic E-state index is 12.8. The second-order valence-electron chi connectivity index (χ2n) is 11.3. The van der Waals surface area contributed by atoms with Crippen LogP contribution in [0.2, 0.25) is 0 Å². The van der Waals surface area contributed by atoms with Gasteiger partial charge >= 0.3 is 13.1 Å². The van der Waals surface area contributed by atoms with Crippen LogP contribution in [0.5, 0.6) is 11.5 Å². The Morgan fingerprint density at radius 2 is 1.94 bits per heavy atom. The molecule has 7 heteroatoms. The molecule has 4 aliphatic carbocycles.